The van der Waals surface area contributed by atoms with E-state index in [1.54, 1.807) is 0 Å². The van der Waals surface area contributed by atoms with E-state index in [0.29, 0.717) is 11.3 Å². The first-order valence-electron chi connectivity index (χ1n) is 33.8. The van der Waals surface area contributed by atoms with E-state index in [2.05, 4.69) is 333 Å². The number of para-hydroxylation sites is 5. The van der Waals surface area contributed by atoms with Gasteiger partial charge in [0.05, 0.1) is 51.6 Å². The Balaban J connectivity index is 0.972. The van der Waals surface area contributed by atoms with Crippen molar-refractivity contribution in [2.45, 2.75) is 0 Å². The topological polar surface area (TPSA) is 57.6 Å². The van der Waals surface area contributed by atoms with Crippen LogP contribution in [0.4, 0.5) is 39.8 Å². The molecule has 0 saturated carbocycles. The van der Waals surface area contributed by atoms with Crippen LogP contribution in [-0.4, -0.2) is 15.8 Å². The number of benzene rings is 15. The number of rotatable bonds is 9. The van der Waals surface area contributed by atoms with E-state index in [9.17, 15) is 5.26 Å². The Labute approximate surface area is 577 Å². The summed E-state index contributed by atoms with van der Waals surface area (Å²) >= 11 is 0. The Hall–Kier alpha value is -13.7. The van der Waals surface area contributed by atoms with Gasteiger partial charge in [-0.25, -0.2) is 4.85 Å². The number of fused-ring (bicyclic) bond motifs is 13. The number of furan rings is 1. The lowest BCUT2D eigenvalue weighted by molar-refractivity contribution is 0.669. The maximum atomic E-state index is 10.4. The van der Waals surface area contributed by atoms with Crippen molar-refractivity contribution in [3.63, 3.8) is 0 Å². The molecule has 0 unspecified atom stereocenters. The van der Waals surface area contributed by atoms with Crippen LogP contribution in [0, 0.1) is 17.9 Å². The molecular weight excluding hydrogens is 1220 g/mol. The molecule has 0 saturated heterocycles. The second-order valence-electron chi connectivity index (χ2n) is 26.1. The molecule has 7 nitrogen and oxygen atoms in total. The quantitative estimate of drug-likeness (QED) is 0.107. The molecule has 2 aliphatic heterocycles. The van der Waals surface area contributed by atoms with Gasteiger partial charge in [0.25, 0.3) is 6.71 Å². The van der Waals surface area contributed by atoms with Gasteiger partial charge >= 0.3 is 0 Å². The Morgan fingerprint density at radius 3 is 1.26 bits per heavy atom. The first kappa shape index (κ1) is 56.7. The highest BCUT2D eigenvalue weighted by Gasteiger charge is 2.46. The average Bonchev–Trinajstić information content (AvgIpc) is 0.830. The largest absolute Gasteiger partial charge is 0.456 e. The Morgan fingerprint density at radius 2 is 0.760 bits per heavy atom. The van der Waals surface area contributed by atoms with Gasteiger partial charge in [-0.1, -0.05) is 237 Å². The smallest absolute Gasteiger partial charge is 0.252 e. The Morgan fingerprint density at radius 1 is 0.320 bits per heavy atom. The van der Waals surface area contributed by atoms with E-state index in [4.69, 9.17) is 11.0 Å². The first-order valence-corrected chi connectivity index (χ1v) is 33.8. The fourth-order valence-electron chi connectivity index (χ4n) is 16.4. The number of aromatic nitrogens is 2. The zero-order valence-corrected chi connectivity index (χ0v) is 53.9. The lowest BCUT2D eigenvalue weighted by Crippen LogP contribution is -2.61. The summed E-state index contributed by atoms with van der Waals surface area (Å²) in [5.74, 6) is 0. The van der Waals surface area contributed by atoms with Crippen LogP contribution >= 0.6 is 0 Å². The lowest BCUT2D eigenvalue weighted by atomic mass is 9.33. The van der Waals surface area contributed by atoms with Gasteiger partial charge in [-0.05, 0) is 152 Å². The molecular formula is C92H55BN6O. The van der Waals surface area contributed by atoms with Crippen LogP contribution in [0.1, 0.15) is 5.56 Å². The van der Waals surface area contributed by atoms with Crippen LogP contribution in [0.3, 0.4) is 0 Å². The summed E-state index contributed by atoms with van der Waals surface area (Å²) in [6.45, 7) is 7.82. The Bertz CT molecular complexity index is 6060. The highest BCUT2D eigenvalue weighted by atomic mass is 16.3. The molecule has 0 spiro atoms. The van der Waals surface area contributed by atoms with Crippen LogP contribution in [0.2, 0.25) is 0 Å². The molecule has 0 aliphatic carbocycles. The number of hydrogen-bond donors (Lipinski definition) is 0. The van der Waals surface area contributed by atoms with Crippen molar-refractivity contribution < 1.29 is 4.42 Å². The van der Waals surface area contributed by atoms with Crippen LogP contribution in [0.25, 0.3) is 137 Å². The minimum absolute atomic E-state index is 0.330. The van der Waals surface area contributed by atoms with Gasteiger partial charge in [0.1, 0.15) is 11.2 Å². The van der Waals surface area contributed by atoms with E-state index in [-0.39, 0.29) is 6.71 Å². The summed E-state index contributed by atoms with van der Waals surface area (Å²) in [7, 11) is 0. The van der Waals surface area contributed by atoms with E-state index >= 15 is 0 Å². The van der Waals surface area contributed by atoms with Gasteiger partial charge in [0.2, 0.25) is 0 Å². The van der Waals surface area contributed by atoms with Crippen molar-refractivity contribution in [3.05, 3.63) is 351 Å². The number of hydrogen-bond acceptors (Lipinski definition) is 4. The van der Waals surface area contributed by atoms with Gasteiger partial charge < -0.3 is 23.4 Å². The van der Waals surface area contributed by atoms with Gasteiger partial charge in [0.15, 0.2) is 5.69 Å². The predicted molar refractivity (Wildman–Crippen MR) is 415 cm³/mol. The molecule has 5 heterocycles. The molecule has 0 atom stereocenters. The summed E-state index contributed by atoms with van der Waals surface area (Å²) in [5.41, 5.74) is 29.4. The number of anilines is 6. The minimum Gasteiger partial charge on any atom is -0.456 e. The molecule has 0 N–H and O–H groups in total. The summed E-state index contributed by atoms with van der Waals surface area (Å²) in [6.07, 6.45) is 0. The van der Waals surface area contributed by atoms with Crippen molar-refractivity contribution in [1.82, 2.24) is 9.13 Å². The van der Waals surface area contributed by atoms with Crippen molar-refractivity contribution in [2.75, 3.05) is 9.80 Å². The zero-order valence-electron chi connectivity index (χ0n) is 53.9. The summed E-state index contributed by atoms with van der Waals surface area (Å²) in [6, 6.07) is 123. The Kier molecular flexibility index (Phi) is 12.7. The SMILES string of the molecule is [C-]#[N+]c1ccc2c(c1)c1ccccc1n2-c1ccc2c(c1)N(c1c(-c3ccccc3)cccc1-c1ccccc1)c1cc(-c3ccc4oc5ccccc5c4c3)cc3c1B2c1ccc(-n2c4ccccc4c4cc(C#N)ccc42)cc1N3c1c(-c2ccccc2)cccc1-c1ccccc1. The summed E-state index contributed by atoms with van der Waals surface area (Å²) in [4.78, 5) is 9.16. The van der Waals surface area contributed by atoms with Crippen LogP contribution in [0.5, 0.6) is 0 Å². The monoisotopic (exact) mass is 1270 g/mol. The molecule has 3 aromatic heterocycles. The molecule has 8 heteroatoms. The van der Waals surface area contributed by atoms with Crippen LogP contribution in [0.15, 0.2) is 338 Å². The van der Waals surface area contributed by atoms with Crippen molar-refractivity contribution in [1.29, 1.82) is 5.26 Å². The van der Waals surface area contributed by atoms with E-state index in [1.807, 2.05) is 30.3 Å². The summed E-state index contributed by atoms with van der Waals surface area (Å²) in [5, 5.41) is 16.7. The molecule has 100 heavy (non-hydrogen) atoms. The first-order chi connectivity index (χ1) is 49.5. The van der Waals surface area contributed by atoms with E-state index in [0.717, 1.165) is 183 Å². The van der Waals surface area contributed by atoms with Gasteiger partial charge in [-0.15, -0.1) is 0 Å². The van der Waals surface area contributed by atoms with Crippen LogP contribution < -0.4 is 26.2 Å². The van der Waals surface area contributed by atoms with E-state index < -0.39 is 0 Å². The average molecular weight is 1270 g/mol. The third-order valence-corrected chi connectivity index (χ3v) is 20.7. The molecule has 0 bridgehead atoms. The second-order valence-corrected chi connectivity index (χ2v) is 26.1. The normalized spacial score (nSPS) is 12.3. The number of nitrogens with zero attached hydrogens (tertiary/aromatic N) is 6. The maximum Gasteiger partial charge on any atom is 0.252 e. The van der Waals surface area contributed by atoms with Gasteiger partial charge in [0, 0.05) is 83.3 Å². The molecule has 15 aromatic carbocycles. The molecule has 20 rings (SSSR count). The van der Waals surface area contributed by atoms with E-state index in [1.165, 1.54) is 0 Å². The third kappa shape index (κ3) is 8.64. The van der Waals surface area contributed by atoms with Crippen molar-refractivity contribution in [3.8, 4) is 73.1 Å². The zero-order chi connectivity index (χ0) is 66.1. The van der Waals surface area contributed by atoms with Crippen molar-refractivity contribution >= 4 is 128 Å². The highest BCUT2D eigenvalue weighted by molar-refractivity contribution is 7.00. The fraction of sp³-hybridized carbons (Fsp3) is 0. The molecule has 18 aromatic rings. The number of nitriles is 1. The maximum absolute atomic E-state index is 10.4. The van der Waals surface area contributed by atoms with Gasteiger partial charge in [-0.2, -0.15) is 5.26 Å². The third-order valence-electron chi connectivity index (χ3n) is 20.7. The van der Waals surface area contributed by atoms with Gasteiger partial charge in [-0.3, -0.25) is 0 Å². The summed E-state index contributed by atoms with van der Waals surface area (Å²) < 4.78 is 11.4. The lowest BCUT2D eigenvalue weighted by Gasteiger charge is -2.46. The standard InChI is InChI=1S/C92H55BN6O/c1-95-65-42-48-83-76(54-65)73-31-15-18-38-81(73)97(83)67-44-46-79-85(56-67)99(92-70(61-26-10-4-11-27-61)35-21-36-71(92)62-28-12-5-13-29-62)87-53-64(63-41-49-89-77(51-63)74-32-16-19-39-88(74)100-89)52-86-90(87)93(79)78-45-43-66(96-80-37-17-14-30-72(80)75-50-58(57-94)40-47-82(75)96)55-84(78)98(86)91-68(59-22-6-2-7-23-59)33-20-34-69(91)60-24-8-3-9-25-60/h2-56H. The molecule has 0 amide bonds. The second kappa shape index (κ2) is 22.5. The highest BCUT2D eigenvalue weighted by Crippen LogP contribution is 2.55. The molecule has 0 radical (unpaired) electrons. The van der Waals surface area contributed by atoms with Crippen LogP contribution in [-0.2, 0) is 0 Å². The fourth-order valence-corrected chi connectivity index (χ4v) is 16.4. The molecule has 0 fully saturated rings. The molecule has 2 aliphatic rings. The molecule has 462 valence electrons. The minimum atomic E-state index is -0.330. The predicted octanol–water partition coefficient (Wildman–Crippen LogP) is 22.6. The van der Waals surface area contributed by atoms with Crippen molar-refractivity contribution in [2.24, 2.45) is 0 Å².